The maximum atomic E-state index is 14.5. The van der Waals surface area contributed by atoms with Gasteiger partial charge in [-0.05, 0) is 79.2 Å². The molecule has 3 fully saturated rings. The number of hydrogen-bond donors (Lipinski definition) is 6. The topological polar surface area (TPSA) is 196 Å². The fourth-order valence-corrected chi connectivity index (χ4v) is 8.82. The fourth-order valence-electron chi connectivity index (χ4n) is 7.35. The molecule has 6 N–H and O–H groups in total. The molecule has 0 aromatic heterocycles. The van der Waals surface area contributed by atoms with Crippen LogP contribution in [0.5, 0.6) is 0 Å². The van der Waals surface area contributed by atoms with E-state index in [0.29, 0.717) is 38.0 Å². The number of fused-ring (bicyclic) bond motifs is 3. The highest BCUT2D eigenvalue weighted by molar-refractivity contribution is 8.00. The lowest BCUT2D eigenvalue weighted by atomic mass is 9.97. The summed E-state index contributed by atoms with van der Waals surface area (Å²) in [6, 6.07) is 3.58. The Morgan fingerprint density at radius 1 is 0.883 bits per heavy atom. The van der Waals surface area contributed by atoms with E-state index >= 15 is 0 Å². The summed E-state index contributed by atoms with van der Waals surface area (Å²) in [4.78, 5) is 86.8. The van der Waals surface area contributed by atoms with Gasteiger partial charge in [0.15, 0.2) is 0 Å². The van der Waals surface area contributed by atoms with Crippen LogP contribution in [0.2, 0.25) is 0 Å². The van der Waals surface area contributed by atoms with Crippen molar-refractivity contribution in [1.82, 2.24) is 36.8 Å². The van der Waals surface area contributed by atoms with Crippen LogP contribution in [0.1, 0.15) is 87.1 Å². The molecule has 60 heavy (non-hydrogen) atoms. The molecular formula is C44H67N7O8S. The zero-order chi connectivity index (χ0) is 44.6. The maximum absolute atomic E-state index is 14.5. The second-order valence-electron chi connectivity index (χ2n) is 17.6. The summed E-state index contributed by atoms with van der Waals surface area (Å²) in [5.74, 6) is -3.41. The van der Waals surface area contributed by atoms with Gasteiger partial charge in [0.05, 0.1) is 35.3 Å². The third-order valence-electron chi connectivity index (χ3n) is 11.6. The number of carbonyl (C=O) groups is 6. The highest BCUT2D eigenvalue weighted by Crippen LogP contribution is 2.31. The molecule has 3 unspecified atom stereocenters. The van der Waals surface area contributed by atoms with Crippen LogP contribution in [0.15, 0.2) is 55.6 Å². The van der Waals surface area contributed by atoms with Crippen LogP contribution in [0.4, 0.5) is 0 Å². The van der Waals surface area contributed by atoms with Crippen LogP contribution in [0, 0.1) is 5.92 Å². The van der Waals surface area contributed by atoms with Gasteiger partial charge in [0.25, 0.3) is 0 Å². The van der Waals surface area contributed by atoms with E-state index in [1.165, 1.54) is 16.7 Å². The van der Waals surface area contributed by atoms with E-state index in [1.54, 1.807) is 67.5 Å². The molecule has 1 aromatic rings. The fraction of sp³-hybridized carbons (Fsp3) is 0.636. The lowest BCUT2D eigenvalue weighted by molar-refractivity contribution is -0.142. The number of nitrogens with one attached hydrogen (secondary N) is 6. The number of carbonyl (C=O) groups excluding carboxylic acids is 6. The Hall–Kier alpha value is -4.25. The van der Waals surface area contributed by atoms with E-state index in [2.05, 4.69) is 45.1 Å². The van der Waals surface area contributed by atoms with Gasteiger partial charge in [-0.15, -0.1) is 24.9 Å². The van der Waals surface area contributed by atoms with Crippen molar-refractivity contribution in [3.05, 3.63) is 61.2 Å². The largest absolute Gasteiger partial charge is 0.369 e. The number of nitrogens with zero attached hydrogens (tertiary/aromatic N) is 1. The monoisotopic (exact) mass is 853 g/mol. The molecule has 0 saturated carbocycles. The number of thioether (sulfide) groups is 1. The number of benzene rings is 1. The second-order valence-corrected chi connectivity index (χ2v) is 18.7. The standard InChI is InChI=1S/C44H67N7O8S/c1-12-26(4)33-37(54)45-27(5)40(56)51-22-18-21-32(51)36(53)46-30(23-29-19-16-15-17-20-29)39-50-44(11,25-60-39)41(57)49-34(28(6)59-43(9,10)14-3)38(55)47-31(35(52)48-33)24-58-42(7,8)13-2/h13-17,19-20,26-28,30-34,39,50H,2-3,12,18,21-25H2,1,4-11H3,(H,45,54)(H,46,53)(H,47,55)(H,48,52)(H,49,57)/t26-,27?,28+,30+,31+,32-,33-,34-,39?,44?/m0/s1. The zero-order valence-electron chi connectivity index (χ0n) is 36.7. The van der Waals surface area contributed by atoms with Crippen LogP contribution in [0.25, 0.3) is 0 Å². The average molecular weight is 854 g/mol. The molecule has 6 amide bonds. The van der Waals surface area contributed by atoms with E-state index in [4.69, 9.17) is 9.47 Å². The van der Waals surface area contributed by atoms with Crippen molar-refractivity contribution in [1.29, 1.82) is 0 Å². The number of amides is 6. The first-order chi connectivity index (χ1) is 28.1. The van der Waals surface area contributed by atoms with Gasteiger partial charge in [-0.1, -0.05) is 62.8 Å². The van der Waals surface area contributed by atoms with Crippen LogP contribution in [-0.2, 0) is 44.7 Å². The minimum absolute atomic E-state index is 0.296. The molecule has 1 aromatic carbocycles. The van der Waals surface area contributed by atoms with Gasteiger partial charge < -0.3 is 41.0 Å². The molecule has 4 rings (SSSR count). The number of rotatable bonds is 12. The minimum Gasteiger partial charge on any atom is -0.369 e. The van der Waals surface area contributed by atoms with Crippen LogP contribution in [-0.4, -0.2) is 124 Å². The Labute approximate surface area is 359 Å². The molecule has 332 valence electrons. The average Bonchev–Trinajstić information content (AvgIpc) is 3.87. The summed E-state index contributed by atoms with van der Waals surface area (Å²) in [5.41, 5.74) is -2.04. The third kappa shape index (κ3) is 12.4. The minimum atomic E-state index is -1.34. The zero-order valence-corrected chi connectivity index (χ0v) is 37.5. The van der Waals surface area contributed by atoms with Crippen molar-refractivity contribution >= 4 is 47.2 Å². The number of ether oxygens (including phenoxy) is 2. The summed E-state index contributed by atoms with van der Waals surface area (Å²) in [7, 11) is 0. The maximum Gasteiger partial charge on any atom is 0.245 e. The van der Waals surface area contributed by atoms with Gasteiger partial charge in [-0.3, -0.25) is 34.1 Å². The molecule has 3 saturated heterocycles. The van der Waals surface area contributed by atoms with E-state index in [1.807, 2.05) is 37.3 Å². The lowest BCUT2D eigenvalue weighted by Crippen LogP contribution is -2.65. The molecule has 16 heteroatoms. The first kappa shape index (κ1) is 48.4. The third-order valence-corrected chi connectivity index (χ3v) is 13.2. The molecule has 3 heterocycles. The van der Waals surface area contributed by atoms with Gasteiger partial charge in [0.2, 0.25) is 35.4 Å². The number of hydrogen-bond acceptors (Lipinski definition) is 10. The molecule has 2 bridgehead atoms. The molecule has 0 aliphatic carbocycles. The van der Waals surface area contributed by atoms with Crippen molar-refractivity contribution in [2.45, 2.75) is 152 Å². The molecule has 10 atom stereocenters. The van der Waals surface area contributed by atoms with Crippen molar-refractivity contribution in [2.75, 3.05) is 18.9 Å². The summed E-state index contributed by atoms with van der Waals surface area (Å²) < 4.78 is 12.3. The van der Waals surface area contributed by atoms with Gasteiger partial charge in [-0.25, -0.2) is 0 Å². The van der Waals surface area contributed by atoms with Crippen LogP contribution in [0.3, 0.4) is 0 Å². The summed E-state index contributed by atoms with van der Waals surface area (Å²) in [6.07, 6.45) is 4.17. The van der Waals surface area contributed by atoms with Crippen LogP contribution >= 0.6 is 11.8 Å². The first-order valence-corrected chi connectivity index (χ1v) is 22.0. The normalized spacial score (nSPS) is 30.1. The predicted octanol–water partition coefficient (Wildman–Crippen LogP) is 2.50. The molecule has 3 aliphatic heterocycles. The van der Waals surface area contributed by atoms with E-state index < -0.39 is 99.9 Å². The highest BCUT2D eigenvalue weighted by atomic mass is 32.2. The van der Waals surface area contributed by atoms with Crippen molar-refractivity contribution in [3.63, 3.8) is 0 Å². The molecule has 0 radical (unpaired) electrons. The SMILES string of the molecule is C=CC(C)(C)OC[C@H]1NC(=O)[C@H]([C@@H](C)OC(C)(C)C=C)NC(=O)C2(C)CSC(N2)[C@@H](Cc2ccccc2)NC(=O)[C@@H]2CCCN2C(=O)C(C)NC(=O)[C@H]([C@@H](C)CC)NC1=O. The van der Waals surface area contributed by atoms with Gasteiger partial charge in [0, 0.05) is 12.3 Å². The Morgan fingerprint density at radius 2 is 1.53 bits per heavy atom. The Kier molecular flexibility index (Phi) is 16.6. The van der Waals surface area contributed by atoms with Crippen molar-refractivity contribution in [3.8, 4) is 0 Å². The smallest absolute Gasteiger partial charge is 0.245 e. The molecular weight excluding hydrogens is 787 g/mol. The summed E-state index contributed by atoms with van der Waals surface area (Å²) in [6.45, 7) is 23.3. The van der Waals surface area contributed by atoms with Gasteiger partial charge in [0.1, 0.15) is 35.7 Å². The Morgan fingerprint density at radius 3 is 2.17 bits per heavy atom. The first-order valence-electron chi connectivity index (χ1n) is 21.0. The van der Waals surface area contributed by atoms with E-state index in [-0.39, 0.29) is 12.5 Å². The Balaban J connectivity index is 1.80. The lowest BCUT2D eigenvalue weighted by Gasteiger charge is -2.35. The van der Waals surface area contributed by atoms with Crippen molar-refractivity contribution < 1.29 is 38.2 Å². The second kappa shape index (κ2) is 20.5. The molecule has 0 spiro atoms. The summed E-state index contributed by atoms with van der Waals surface area (Å²) >= 11 is 1.47. The van der Waals surface area contributed by atoms with E-state index in [9.17, 15) is 28.8 Å². The summed E-state index contributed by atoms with van der Waals surface area (Å²) in [5, 5.41) is 17.5. The van der Waals surface area contributed by atoms with Crippen molar-refractivity contribution in [2.24, 2.45) is 5.92 Å². The molecule has 15 nitrogen and oxygen atoms in total. The predicted molar refractivity (Wildman–Crippen MR) is 233 cm³/mol. The highest BCUT2D eigenvalue weighted by Gasteiger charge is 2.47. The Bertz CT molecular complexity index is 1740. The van der Waals surface area contributed by atoms with Gasteiger partial charge in [-0.2, -0.15) is 0 Å². The quantitative estimate of drug-likeness (QED) is 0.170. The molecule has 3 aliphatic rings. The van der Waals surface area contributed by atoms with E-state index in [0.717, 1.165) is 5.56 Å². The van der Waals surface area contributed by atoms with Gasteiger partial charge >= 0.3 is 0 Å². The van der Waals surface area contributed by atoms with Crippen LogP contribution < -0.4 is 31.9 Å².